The summed E-state index contributed by atoms with van der Waals surface area (Å²) in [5.74, 6) is -0.550. The third-order valence-electron chi connectivity index (χ3n) is 4.97. The molecule has 1 heterocycles. The van der Waals surface area contributed by atoms with Crippen LogP contribution in [0.4, 0.5) is 10.1 Å². The topological polar surface area (TPSA) is 58.6 Å². The third-order valence-corrected chi connectivity index (χ3v) is 5.21. The van der Waals surface area contributed by atoms with Crippen molar-refractivity contribution in [2.75, 3.05) is 19.0 Å². The van der Waals surface area contributed by atoms with E-state index < -0.39 is 11.9 Å². The Kier molecular flexibility index (Phi) is 5.42. The van der Waals surface area contributed by atoms with Gasteiger partial charge in [0.25, 0.3) is 5.91 Å². The van der Waals surface area contributed by atoms with Gasteiger partial charge in [0.1, 0.15) is 18.1 Å². The molecule has 0 radical (unpaired) electrons. The highest BCUT2D eigenvalue weighted by molar-refractivity contribution is 6.30. The summed E-state index contributed by atoms with van der Waals surface area (Å²) < 4.78 is 18.8. The van der Waals surface area contributed by atoms with Gasteiger partial charge in [-0.2, -0.15) is 0 Å². The van der Waals surface area contributed by atoms with E-state index in [0.717, 1.165) is 0 Å². The van der Waals surface area contributed by atoms with Crippen molar-refractivity contribution in [3.8, 4) is 5.75 Å². The van der Waals surface area contributed by atoms with E-state index in [1.54, 1.807) is 54.6 Å². The maximum atomic E-state index is 13.6. The third kappa shape index (κ3) is 3.86. The minimum absolute atomic E-state index is 0.176. The zero-order valence-corrected chi connectivity index (χ0v) is 16.8. The highest BCUT2D eigenvalue weighted by Gasteiger charge is 2.34. The molecule has 0 fully saturated rings. The molecule has 4 rings (SSSR count). The van der Waals surface area contributed by atoms with Gasteiger partial charge in [-0.05, 0) is 54.1 Å². The molecule has 30 heavy (non-hydrogen) atoms. The van der Waals surface area contributed by atoms with Crippen LogP contribution in [0, 0.1) is 5.82 Å². The van der Waals surface area contributed by atoms with Crippen LogP contribution >= 0.6 is 11.6 Å². The number of hydrogen-bond acceptors (Lipinski definition) is 3. The molecule has 5 nitrogen and oxygen atoms in total. The van der Waals surface area contributed by atoms with Crippen LogP contribution in [-0.4, -0.2) is 30.4 Å². The molecule has 0 saturated heterocycles. The molecule has 152 valence electrons. The molecule has 0 bridgehead atoms. The predicted molar refractivity (Wildman–Crippen MR) is 112 cm³/mol. The Morgan fingerprint density at radius 1 is 1.13 bits per heavy atom. The van der Waals surface area contributed by atoms with Crippen LogP contribution in [0.15, 0.2) is 66.7 Å². The number of halogens is 2. The number of anilines is 1. The minimum atomic E-state index is -0.642. The molecule has 1 atom stereocenters. The summed E-state index contributed by atoms with van der Waals surface area (Å²) in [7, 11) is 1.52. The van der Waals surface area contributed by atoms with Crippen molar-refractivity contribution in [1.29, 1.82) is 0 Å². The molecule has 1 aliphatic heterocycles. The molecule has 2 amide bonds. The zero-order valence-electron chi connectivity index (χ0n) is 16.1. The van der Waals surface area contributed by atoms with Crippen LogP contribution < -0.4 is 10.1 Å². The average Bonchev–Trinajstić information content (AvgIpc) is 2.89. The number of fused-ring (bicyclic) bond motifs is 1. The molecule has 7 heteroatoms. The molecule has 0 aliphatic carbocycles. The number of nitrogens with zero attached hydrogens (tertiary/aromatic N) is 1. The quantitative estimate of drug-likeness (QED) is 0.664. The van der Waals surface area contributed by atoms with Crippen molar-refractivity contribution in [3.63, 3.8) is 0 Å². The Hall–Kier alpha value is -3.38. The molecule has 1 aliphatic rings. The van der Waals surface area contributed by atoms with Crippen LogP contribution in [-0.2, 0) is 4.79 Å². The number of benzene rings is 3. The molecule has 1 N–H and O–H groups in total. The van der Waals surface area contributed by atoms with E-state index >= 15 is 0 Å². The lowest BCUT2D eigenvalue weighted by Gasteiger charge is -2.31. The second-order valence-electron chi connectivity index (χ2n) is 6.90. The van der Waals surface area contributed by atoms with Gasteiger partial charge in [-0.1, -0.05) is 29.8 Å². The van der Waals surface area contributed by atoms with Crippen LogP contribution in [0.5, 0.6) is 5.75 Å². The minimum Gasteiger partial charge on any atom is -0.497 e. The van der Waals surface area contributed by atoms with Crippen molar-refractivity contribution >= 4 is 29.1 Å². The largest absolute Gasteiger partial charge is 0.497 e. The Morgan fingerprint density at radius 3 is 2.63 bits per heavy atom. The van der Waals surface area contributed by atoms with E-state index in [0.29, 0.717) is 33.1 Å². The summed E-state index contributed by atoms with van der Waals surface area (Å²) in [5.41, 5.74) is 2.24. The lowest BCUT2D eigenvalue weighted by molar-refractivity contribution is -0.117. The Bertz CT molecular complexity index is 1120. The highest BCUT2D eigenvalue weighted by Crippen LogP contribution is 2.38. The van der Waals surface area contributed by atoms with E-state index in [9.17, 15) is 14.0 Å². The lowest BCUT2D eigenvalue weighted by atomic mass is 9.95. The van der Waals surface area contributed by atoms with Gasteiger partial charge in [0, 0.05) is 21.8 Å². The number of carbonyl (C=O) groups excluding carboxylic acids is 2. The van der Waals surface area contributed by atoms with Gasteiger partial charge >= 0.3 is 0 Å². The maximum absolute atomic E-state index is 13.6. The van der Waals surface area contributed by atoms with Crippen molar-refractivity contribution in [1.82, 2.24) is 4.90 Å². The van der Waals surface area contributed by atoms with Gasteiger partial charge in [0.05, 0.1) is 13.2 Å². The normalized spacial score (nSPS) is 15.8. The number of carbonyl (C=O) groups is 2. The van der Waals surface area contributed by atoms with Gasteiger partial charge in [0.15, 0.2) is 0 Å². The number of methoxy groups -OCH3 is 1. The summed E-state index contributed by atoms with van der Waals surface area (Å²) in [6.45, 7) is -0.176. The summed E-state index contributed by atoms with van der Waals surface area (Å²) in [6, 6.07) is 17.0. The highest BCUT2D eigenvalue weighted by atomic mass is 35.5. The average molecular weight is 425 g/mol. The second-order valence-corrected chi connectivity index (χ2v) is 7.34. The number of rotatable bonds is 3. The number of nitrogens with one attached hydrogen (secondary N) is 1. The fourth-order valence-electron chi connectivity index (χ4n) is 3.59. The van der Waals surface area contributed by atoms with Crippen molar-refractivity contribution < 1.29 is 18.7 Å². The van der Waals surface area contributed by atoms with Crippen molar-refractivity contribution in [2.45, 2.75) is 6.04 Å². The van der Waals surface area contributed by atoms with Gasteiger partial charge in [-0.3, -0.25) is 9.59 Å². The molecule has 0 aromatic heterocycles. The Morgan fingerprint density at radius 2 is 1.90 bits per heavy atom. The second kappa shape index (κ2) is 8.16. The van der Waals surface area contributed by atoms with E-state index in [2.05, 4.69) is 5.32 Å². The first-order valence-electron chi connectivity index (χ1n) is 9.26. The number of ether oxygens (including phenoxy) is 1. The van der Waals surface area contributed by atoms with Crippen LogP contribution in [0.1, 0.15) is 27.5 Å². The summed E-state index contributed by atoms with van der Waals surface area (Å²) in [4.78, 5) is 27.6. The molecular weight excluding hydrogens is 407 g/mol. The van der Waals surface area contributed by atoms with Gasteiger partial charge in [-0.15, -0.1) is 0 Å². The smallest absolute Gasteiger partial charge is 0.255 e. The fraction of sp³-hybridized carbons (Fsp3) is 0.130. The van der Waals surface area contributed by atoms with Crippen LogP contribution in [0.25, 0.3) is 0 Å². The van der Waals surface area contributed by atoms with Gasteiger partial charge in [-0.25, -0.2) is 4.39 Å². The first-order valence-corrected chi connectivity index (χ1v) is 9.64. The lowest BCUT2D eigenvalue weighted by Crippen LogP contribution is -2.39. The van der Waals surface area contributed by atoms with Gasteiger partial charge < -0.3 is 15.0 Å². The summed E-state index contributed by atoms with van der Waals surface area (Å²) >= 11 is 6.24. The maximum Gasteiger partial charge on any atom is 0.255 e. The Balaban J connectivity index is 1.88. The zero-order chi connectivity index (χ0) is 21.3. The number of amides is 2. The van der Waals surface area contributed by atoms with Gasteiger partial charge in [0.2, 0.25) is 5.91 Å². The summed E-state index contributed by atoms with van der Waals surface area (Å²) in [5, 5.41) is 3.29. The van der Waals surface area contributed by atoms with Crippen molar-refractivity contribution in [2.24, 2.45) is 0 Å². The standard InChI is InChI=1S/C23H18ClFN2O3/c1-30-18-4-2-3-15(11-18)23(29)27-13-21(28)26-20-10-7-16(24)12-19(20)22(27)14-5-8-17(25)9-6-14/h2-12,22H,13H2,1H3,(H,26,28)/t22-/m0/s1. The fourth-order valence-corrected chi connectivity index (χ4v) is 3.77. The molecule has 0 saturated carbocycles. The molecular formula is C23H18ClFN2O3. The van der Waals surface area contributed by atoms with Crippen molar-refractivity contribution in [3.05, 3.63) is 94.3 Å². The SMILES string of the molecule is COc1cccc(C(=O)N2CC(=O)Nc3ccc(Cl)cc3[C@@H]2c2ccc(F)cc2)c1. The van der Waals surface area contributed by atoms with Crippen LogP contribution in [0.2, 0.25) is 5.02 Å². The first kappa shape index (κ1) is 19.9. The summed E-state index contributed by atoms with van der Waals surface area (Å²) in [6.07, 6.45) is 0. The van der Waals surface area contributed by atoms with Crippen LogP contribution in [0.3, 0.4) is 0 Å². The van der Waals surface area contributed by atoms with E-state index in [4.69, 9.17) is 16.3 Å². The first-order chi connectivity index (χ1) is 14.5. The molecule has 3 aromatic carbocycles. The van der Waals surface area contributed by atoms with E-state index in [-0.39, 0.29) is 18.4 Å². The van der Waals surface area contributed by atoms with E-state index in [1.165, 1.54) is 24.1 Å². The molecule has 3 aromatic rings. The molecule has 0 spiro atoms. The van der Waals surface area contributed by atoms with E-state index in [1.807, 2.05) is 0 Å². The predicted octanol–water partition coefficient (Wildman–Crippen LogP) is 4.67. The Labute approximate surface area is 178 Å². The molecule has 0 unspecified atom stereocenters. The monoisotopic (exact) mass is 424 g/mol. The number of hydrogen-bond donors (Lipinski definition) is 1.